The maximum absolute atomic E-state index is 11.7. The molecule has 0 saturated carbocycles. The van der Waals surface area contributed by atoms with Crippen LogP contribution in [0.4, 0.5) is 5.13 Å². The Balaban J connectivity index is 2.54. The third-order valence-corrected chi connectivity index (χ3v) is 3.36. The van der Waals surface area contributed by atoms with Crippen LogP contribution in [0.3, 0.4) is 0 Å². The van der Waals surface area contributed by atoms with E-state index in [-0.39, 0.29) is 11.9 Å². The molecule has 84 valence electrons. The number of hydrogen-bond acceptors (Lipinski definition) is 5. The van der Waals surface area contributed by atoms with Crippen LogP contribution in [0.2, 0.25) is 0 Å². The Hall–Kier alpha value is -0.750. The lowest BCUT2D eigenvalue weighted by molar-refractivity contribution is 0.0936. The molecule has 15 heavy (non-hydrogen) atoms. The topological polar surface area (TPSA) is 68.0 Å². The fraction of sp³-hybridized carbons (Fsp3) is 0.556. The largest absolute Gasteiger partial charge is 0.375 e. The van der Waals surface area contributed by atoms with Gasteiger partial charge in [-0.25, -0.2) is 4.98 Å². The van der Waals surface area contributed by atoms with Gasteiger partial charge in [0.1, 0.15) is 5.69 Å². The summed E-state index contributed by atoms with van der Waals surface area (Å²) in [4.78, 5) is 15.6. The van der Waals surface area contributed by atoms with E-state index in [2.05, 4.69) is 17.2 Å². The number of carbonyl (C=O) groups excluding carboxylic acids is 1. The number of aromatic nitrogens is 1. The van der Waals surface area contributed by atoms with Gasteiger partial charge < -0.3 is 11.1 Å². The van der Waals surface area contributed by atoms with Crippen molar-refractivity contribution in [2.75, 3.05) is 17.7 Å². The maximum atomic E-state index is 11.7. The Morgan fingerprint density at radius 2 is 2.53 bits per heavy atom. The van der Waals surface area contributed by atoms with Crippen molar-refractivity contribution in [3.63, 3.8) is 0 Å². The maximum Gasteiger partial charge on any atom is 0.271 e. The minimum atomic E-state index is -0.135. The van der Waals surface area contributed by atoms with Gasteiger partial charge in [0.25, 0.3) is 5.91 Å². The van der Waals surface area contributed by atoms with Crippen molar-refractivity contribution in [3.05, 3.63) is 11.1 Å². The Labute approximate surface area is 97.7 Å². The molecule has 0 aromatic carbocycles. The summed E-state index contributed by atoms with van der Waals surface area (Å²) in [5, 5.41) is 5.03. The molecule has 1 rings (SSSR count). The highest BCUT2D eigenvalue weighted by molar-refractivity contribution is 7.98. The van der Waals surface area contributed by atoms with E-state index in [4.69, 9.17) is 5.73 Å². The molecule has 0 aliphatic carbocycles. The number of thioether (sulfide) groups is 1. The third-order valence-electron chi connectivity index (χ3n) is 1.95. The summed E-state index contributed by atoms with van der Waals surface area (Å²) in [7, 11) is 0. The lowest BCUT2D eigenvalue weighted by Crippen LogP contribution is -2.36. The lowest BCUT2D eigenvalue weighted by atomic mass is 10.2. The molecule has 6 heteroatoms. The summed E-state index contributed by atoms with van der Waals surface area (Å²) in [6.07, 6.45) is 2.95. The van der Waals surface area contributed by atoms with Crippen LogP contribution in [-0.4, -0.2) is 28.9 Å². The number of amides is 1. The van der Waals surface area contributed by atoms with Crippen LogP contribution >= 0.6 is 23.1 Å². The van der Waals surface area contributed by atoms with E-state index < -0.39 is 0 Å². The second-order valence-electron chi connectivity index (χ2n) is 3.10. The number of nitrogens with two attached hydrogens (primary N) is 1. The molecule has 0 saturated heterocycles. The molecule has 1 aromatic heterocycles. The molecule has 0 fully saturated rings. The molecule has 1 amide bonds. The van der Waals surface area contributed by atoms with Gasteiger partial charge >= 0.3 is 0 Å². The van der Waals surface area contributed by atoms with Crippen LogP contribution in [0, 0.1) is 0 Å². The van der Waals surface area contributed by atoms with E-state index in [1.807, 2.05) is 6.26 Å². The minimum Gasteiger partial charge on any atom is -0.375 e. The van der Waals surface area contributed by atoms with Crippen LogP contribution in [0.25, 0.3) is 0 Å². The average Bonchev–Trinajstić information content (AvgIpc) is 2.64. The van der Waals surface area contributed by atoms with Crippen molar-refractivity contribution in [2.24, 2.45) is 0 Å². The van der Waals surface area contributed by atoms with Crippen LogP contribution < -0.4 is 11.1 Å². The molecular weight excluding hydrogens is 230 g/mol. The van der Waals surface area contributed by atoms with Gasteiger partial charge in [0.05, 0.1) is 0 Å². The molecule has 0 aliphatic rings. The van der Waals surface area contributed by atoms with Crippen LogP contribution in [0.5, 0.6) is 0 Å². The normalized spacial score (nSPS) is 12.4. The summed E-state index contributed by atoms with van der Waals surface area (Å²) in [6, 6.07) is 0.204. The Morgan fingerprint density at radius 1 is 1.80 bits per heavy atom. The summed E-state index contributed by atoms with van der Waals surface area (Å²) in [6.45, 7) is 2.05. The average molecular weight is 245 g/mol. The first kappa shape index (κ1) is 12.3. The molecule has 1 unspecified atom stereocenters. The predicted octanol–water partition coefficient (Wildman–Crippen LogP) is 1.60. The molecule has 0 radical (unpaired) electrons. The molecular formula is C9H15N3OS2. The predicted molar refractivity (Wildman–Crippen MR) is 66.5 cm³/mol. The van der Waals surface area contributed by atoms with E-state index in [0.29, 0.717) is 10.8 Å². The fourth-order valence-electron chi connectivity index (χ4n) is 1.11. The molecule has 3 N–H and O–H groups in total. The first-order valence-corrected chi connectivity index (χ1v) is 6.95. The molecule has 1 aromatic rings. The summed E-state index contributed by atoms with van der Waals surface area (Å²) in [5.74, 6) is 0.783. The molecule has 4 nitrogen and oxygen atoms in total. The van der Waals surface area contributed by atoms with Crippen LogP contribution in [-0.2, 0) is 0 Å². The van der Waals surface area contributed by atoms with Gasteiger partial charge in [0.15, 0.2) is 5.13 Å². The minimum absolute atomic E-state index is 0.135. The van der Waals surface area contributed by atoms with Gasteiger partial charge in [-0.1, -0.05) is 6.92 Å². The van der Waals surface area contributed by atoms with Gasteiger partial charge in [0.2, 0.25) is 0 Å². The summed E-state index contributed by atoms with van der Waals surface area (Å²) in [5.41, 5.74) is 5.88. The second-order valence-corrected chi connectivity index (χ2v) is 4.91. The Kier molecular flexibility index (Phi) is 4.90. The number of carbonyl (C=O) groups is 1. The van der Waals surface area contributed by atoms with Crippen LogP contribution in [0.1, 0.15) is 23.8 Å². The van der Waals surface area contributed by atoms with Crippen molar-refractivity contribution in [1.82, 2.24) is 10.3 Å². The van der Waals surface area contributed by atoms with Gasteiger partial charge in [-0.15, -0.1) is 11.3 Å². The van der Waals surface area contributed by atoms with Crippen molar-refractivity contribution in [2.45, 2.75) is 19.4 Å². The summed E-state index contributed by atoms with van der Waals surface area (Å²) < 4.78 is 0. The monoisotopic (exact) mass is 245 g/mol. The van der Waals surface area contributed by atoms with Crippen molar-refractivity contribution in [1.29, 1.82) is 0 Å². The Bertz CT molecular complexity index is 327. The quantitative estimate of drug-likeness (QED) is 0.826. The number of nitrogens with zero attached hydrogens (tertiary/aromatic N) is 1. The van der Waals surface area contributed by atoms with E-state index in [0.717, 1.165) is 12.2 Å². The molecule has 0 aliphatic heterocycles. The van der Waals surface area contributed by atoms with E-state index in [9.17, 15) is 4.79 Å². The fourth-order valence-corrected chi connectivity index (χ4v) is 2.38. The third kappa shape index (κ3) is 3.71. The second kappa shape index (κ2) is 5.97. The van der Waals surface area contributed by atoms with Crippen molar-refractivity contribution >= 4 is 34.1 Å². The van der Waals surface area contributed by atoms with Gasteiger partial charge in [0, 0.05) is 17.2 Å². The molecule has 0 bridgehead atoms. The van der Waals surface area contributed by atoms with Gasteiger partial charge in [-0.05, 0) is 12.7 Å². The first-order valence-electron chi connectivity index (χ1n) is 4.68. The van der Waals surface area contributed by atoms with E-state index >= 15 is 0 Å². The lowest BCUT2D eigenvalue weighted by Gasteiger charge is -2.14. The van der Waals surface area contributed by atoms with Crippen molar-refractivity contribution < 1.29 is 4.79 Å². The number of anilines is 1. The highest BCUT2D eigenvalue weighted by atomic mass is 32.2. The van der Waals surface area contributed by atoms with Crippen molar-refractivity contribution in [3.8, 4) is 0 Å². The number of nitrogens with one attached hydrogen (secondary N) is 1. The highest BCUT2D eigenvalue weighted by Crippen LogP contribution is 2.11. The number of rotatable bonds is 5. The highest BCUT2D eigenvalue weighted by Gasteiger charge is 2.13. The van der Waals surface area contributed by atoms with Crippen LogP contribution in [0.15, 0.2) is 5.38 Å². The van der Waals surface area contributed by atoms with E-state index in [1.54, 1.807) is 17.1 Å². The first-order chi connectivity index (χ1) is 7.17. The zero-order valence-corrected chi connectivity index (χ0v) is 10.5. The zero-order chi connectivity index (χ0) is 11.3. The zero-order valence-electron chi connectivity index (χ0n) is 8.82. The number of nitrogen functional groups attached to an aromatic ring is 1. The van der Waals surface area contributed by atoms with Gasteiger partial charge in [-0.3, -0.25) is 4.79 Å². The molecule has 1 heterocycles. The molecule has 0 spiro atoms. The number of thiazole rings is 1. The summed E-state index contributed by atoms with van der Waals surface area (Å²) >= 11 is 3.00. The molecule has 1 atom stereocenters. The SMILES string of the molecule is CCC(CSC)NC(=O)c1csc(N)n1. The Morgan fingerprint density at radius 3 is 3.00 bits per heavy atom. The van der Waals surface area contributed by atoms with Gasteiger partial charge in [-0.2, -0.15) is 11.8 Å². The standard InChI is InChI=1S/C9H15N3OS2/c1-3-6(4-14-2)11-8(13)7-5-15-9(10)12-7/h5-6H,3-4H2,1-2H3,(H2,10,12)(H,11,13). The smallest absolute Gasteiger partial charge is 0.271 e. The van der Waals surface area contributed by atoms with E-state index in [1.165, 1.54) is 11.3 Å². The number of hydrogen-bond donors (Lipinski definition) is 2.